The first-order chi connectivity index (χ1) is 14.6. The van der Waals surface area contributed by atoms with Gasteiger partial charge in [0.05, 0.1) is 18.6 Å². The number of ether oxygens (including phenoxy) is 1. The maximum Gasteiger partial charge on any atom is 0.415 e. The van der Waals surface area contributed by atoms with Gasteiger partial charge >= 0.3 is 6.18 Å². The summed E-state index contributed by atoms with van der Waals surface area (Å²) < 4.78 is 59.9. The molecule has 3 N–H and O–H groups in total. The van der Waals surface area contributed by atoms with Crippen molar-refractivity contribution in [1.29, 1.82) is 0 Å². The fourth-order valence-corrected chi connectivity index (χ4v) is 5.25. The van der Waals surface area contributed by atoms with Gasteiger partial charge in [-0.1, -0.05) is 0 Å². The average Bonchev–Trinajstić information content (AvgIpc) is 3.10. The largest absolute Gasteiger partial charge is 0.499 e. The van der Waals surface area contributed by atoms with Gasteiger partial charge in [0, 0.05) is 24.1 Å². The van der Waals surface area contributed by atoms with Gasteiger partial charge in [-0.05, 0) is 46.1 Å². The number of nitrogens with zero attached hydrogens (tertiary/aromatic N) is 2. The molecule has 172 valence electrons. The van der Waals surface area contributed by atoms with Crippen LogP contribution in [0, 0.1) is 11.8 Å². The fourth-order valence-electron chi connectivity index (χ4n) is 5.25. The summed E-state index contributed by atoms with van der Waals surface area (Å²) in [7, 11) is 1.53. The molecule has 5 atom stereocenters. The van der Waals surface area contributed by atoms with Crippen LogP contribution in [0.4, 0.5) is 17.6 Å². The second-order valence-electron chi connectivity index (χ2n) is 8.79. The molecule has 0 aromatic heterocycles. The predicted octanol–water partition coefficient (Wildman–Crippen LogP) is 3.00. The number of rotatable bonds is 4. The number of methoxy groups -OCH3 is 1. The Morgan fingerprint density at radius 2 is 2.10 bits per heavy atom. The minimum absolute atomic E-state index is 0.280. The van der Waals surface area contributed by atoms with E-state index in [1.165, 1.54) is 7.11 Å². The Hall–Kier alpha value is -1.94. The predicted molar refractivity (Wildman–Crippen MR) is 108 cm³/mol. The Kier molecular flexibility index (Phi) is 5.66. The van der Waals surface area contributed by atoms with Crippen LogP contribution in [0.3, 0.4) is 0 Å². The van der Waals surface area contributed by atoms with E-state index in [9.17, 15) is 22.7 Å². The minimum atomic E-state index is -4.66. The van der Waals surface area contributed by atoms with Crippen LogP contribution in [-0.2, 0) is 4.74 Å². The summed E-state index contributed by atoms with van der Waals surface area (Å²) in [6.07, 6.45) is -3.83. The van der Waals surface area contributed by atoms with Gasteiger partial charge in [0.25, 0.3) is 0 Å². The topological polar surface area (TPSA) is 78.2 Å². The number of β-amino-alcohol motifs (C(OH)–C–C–N with tert-alkyl or cyclic N) is 1. The van der Waals surface area contributed by atoms with E-state index < -0.39 is 35.1 Å². The van der Waals surface area contributed by atoms with Crippen molar-refractivity contribution in [3.05, 3.63) is 22.7 Å². The van der Waals surface area contributed by atoms with Crippen molar-refractivity contribution in [1.82, 2.24) is 10.6 Å². The summed E-state index contributed by atoms with van der Waals surface area (Å²) in [6, 6.07) is -0.957. The van der Waals surface area contributed by atoms with E-state index in [-0.39, 0.29) is 24.8 Å². The maximum absolute atomic E-state index is 14.8. The molecule has 0 amide bonds. The zero-order valence-corrected chi connectivity index (χ0v) is 17.8. The van der Waals surface area contributed by atoms with Crippen LogP contribution in [0.15, 0.2) is 32.7 Å². The van der Waals surface area contributed by atoms with Crippen LogP contribution in [-0.4, -0.2) is 60.8 Å². The summed E-state index contributed by atoms with van der Waals surface area (Å²) in [5.74, 6) is -0.761. The van der Waals surface area contributed by atoms with Crippen LogP contribution >= 0.6 is 0 Å². The highest BCUT2D eigenvalue weighted by atomic mass is 19.4. The van der Waals surface area contributed by atoms with Gasteiger partial charge in [0.2, 0.25) is 0 Å². The zero-order chi connectivity index (χ0) is 22.6. The third kappa shape index (κ3) is 3.77. The van der Waals surface area contributed by atoms with Gasteiger partial charge in [0.15, 0.2) is 0 Å². The summed E-state index contributed by atoms with van der Waals surface area (Å²) in [5, 5.41) is 17.5. The molecule has 4 rings (SSSR count). The van der Waals surface area contributed by atoms with Crippen LogP contribution in [0.1, 0.15) is 39.5 Å². The van der Waals surface area contributed by atoms with Crippen LogP contribution in [0.25, 0.3) is 0 Å². The first-order valence-electron chi connectivity index (χ1n) is 10.6. The Balaban J connectivity index is 1.61. The fraction of sp³-hybridized carbons (Fsp3) is 0.714. The number of hydrogen-bond acceptors (Lipinski definition) is 6. The number of aliphatic imine (C=N–C) groups is 2. The van der Waals surface area contributed by atoms with Crippen molar-refractivity contribution in [3.63, 3.8) is 0 Å². The normalized spacial score (nSPS) is 34.6. The number of hydrogen-bond donors (Lipinski definition) is 3. The molecule has 2 heterocycles. The molecule has 0 aromatic rings. The lowest BCUT2D eigenvalue weighted by molar-refractivity contribution is -0.0983. The number of alkyl halides is 3. The lowest BCUT2D eigenvalue weighted by Gasteiger charge is -2.47. The second-order valence-corrected chi connectivity index (χ2v) is 8.79. The van der Waals surface area contributed by atoms with E-state index in [0.29, 0.717) is 48.9 Å². The Bertz CT molecular complexity index is 871. The van der Waals surface area contributed by atoms with Gasteiger partial charge < -0.3 is 20.5 Å². The second kappa shape index (κ2) is 7.88. The molecule has 2 aliphatic carbocycles. The van der Waals surface area contributed by atoms with Crippen molar-refractivity contribution in [2.45, 2.75) is 63.4 Å². The number of amidine groups is 2. The van der Waals surface area contributed by atoms with Gasteiger partial charge in [-0.2, -0.15) is 13.2 Å². The van der Waals surface area contributed by atoms with Crippen LogP contribution < -0.4 is 10.6 Å². The molecule has 10 heteroatoms. The molecule has 6 nitrogen and oxygen atoms in total. The molecular formula is C21H28F4N4O2. The van der Waals surface area contributed by atoms with E-state index in [2.05, 4.69) is 20.6 Å². The van der Waals surface area contributed by atoms with Crippen LogP contribution in [0.2, 0.25) is 0 Å². The average molecular weight is 444 g/mol. The monoisotopic (exact) mass is 444 g/mol. The highest BCUT2D eigenvalue weighted by molar-refractivity contribution is 6.03. The third-order valence-corrected chi connectivity index (χ3v) is 6.79. The lowest BCUT2D eigenvalue weighted by Crippen LogP contribution is -2.57. The summed E-state index contributed by atoms with van der Waals surface area (Å²) in [5.41, 5.74) is -1.47. The summed E-state index contributed by atoms with van der Waals surface area (Å²) in [6.45, 7) is 4.43. The standard InChI is InChI=1S/C21H28F4N4O2/c1-10(12-5-4-6-13(16(12)22)21(23,24)25)27-19-14-15(20(30)7-8-26-9-20)18(31-3)17(14)28-11(2)29-19/h10,12,14,17,26,30H,4-9H2,1-3H3,(H,27,28,29). The molecule has 2 aliphatic heterocycles. The summed E-state index contributed by atoms with van der Waals surface area (Å²) >= 11 is 0. The van der Waals surface area contributed by atoms with Crippen molar-refractivity contribution in [3.8, 4) is 0 Å². The Morgan fingerprint density at radius 3 is 2.71 bits per heavy atom. The molecule has 0 saturated carbocycles. The van der Waals surface area contributed by atoms with Crippen molar-refractivity contribution in [2.75, 3.05) is 20.2 Å². The van der Waals surface area contributed by atoms with Gasteiger partial charge in [0.1, 0.15) is 34.9 Å². The molecule has 1 saturated heterocycles. The van der Waals surface area contributed by atoms with Gasteiger partial charge in [-0.15, -0.1) is 0 Å². The van der Waals surface area contributed by atoms with E-state index in [1.807, 2.05) is 0 Å². The molecule has 0 radical (unpaired) electrons. The molecule has 4 aliphatic rings. The highest BCUT2D eigenvalue weighted by Gasteiger charge is 2.55. The molecular weight excluding hydrogens is 416 g/mol. The Labute approximate surface area is 178 Å². The lowest BCUT2D eigenvalue weighted by atomic mass is 9.68. The van der Waals surface area contributed by atoms with Gasteiger partial charge in [-0.3, -0.25) is 4.99 Å². The van der Waals surface area contributed by atoms with Gasteiger partial charge in [-0.25, -0.2) is 9.38 Å². The number of halogens is 4. The number of fused-ring (bicyclic) bond motifs is 1. The smallest absolute Gasteiger partial charge is 0.415 e. The number of allylic oxidation sites excluding steroid dienone is 1. The van der Waals surface area contributed by atoms with Crippen molar-refractivity contribution >= 4 is 11.7 Å². The molecule has 0 bridgehead atoms. The molecule has 1 fully saturated rings. The highest BCUT2D eigenvalue weighted by Crippen LogP contribution is 2.48. The molecule has 31 heavy (non-hydrogen) atoms. The van der Waals surface area contributed by atoms with E-state index >= 15 is 0 Å². The first-order valence-corrected chi connectivity index (χ1v) is 10.6. The number of aliphatic hydroxyl groups is 1. The third-order valence-electron chi connectivity index (χ3n) is 6.79. The quantitative estimate of drug-likeness (QED) is 0.583. The van der Waals surface area contributed by atoms with E-state index in [0.717, 1.165) is 0 Å². The maximum atomic E-state index is 14.8. The molecule has 0 aromatic carbocycles. The van der Waals surface area contributed by atoms with Crippen molar-refractivity contribution in [2.24, 2.45) is 21.8 Å². The molecule has 5 unspecified atom stereocenters. The first kappa shape index (κ1) is 22.3. The molecule has 0 spiro atoms. The van der Waals surface area contributed by atoms with Crippen LogP contribution in [0.5, 0.6) is 0 Å². The van der Waals surface area contributed by atoms with Crippen molar-refractivity contribution < 1.29 is 27.4 Å². The SMILES string of the molecule is COC1=C(C2(O)CCNC2)C2C(NC(C)C3CCCC(C(F)(F)F)=C3F)=NC(C)=NC12. The Morgan fingerprint density at radius 1 is 1.35 bits per heavy atom. The number of nitrogens with one attached hydrogen (secondary N) is 2. The van der Waals surface area contributed by atoms with E-state index in [4.69, 9.17) is 4.74 Å². The summed E-state index contributed by atoms with van der Waals surface area (Å²) in [4.78, 5) is 9.02. The van der Waals surface area contributed by atoms with E-state index in [1.54, 1.807) is 13.8 Å². The minimum Gasteiger partial charge on any atom is -0.499 e. The zero-order valence-electron chi connectivity index (χ0n) is 17.8.